The third kappa shape index (κ3) is 3.91. The van der Waals surface area contributed by atoms with E-state index in [9.17, 15) is 27.9 Å². The molecular formula is C18H22ClF3N2O3. The Morgan fingerprint density at radius 2 is 2.00 bits per heavy atom. The van der Waals surface area contributed by atoms with E-state index >= 15 is 0 Å². The molecule has 1 saturated heterocycles. The molecular weight excluding hydrogens is 385 g/mol. The third-order valence-electron chi connectivity index (χ3n) is 5.74. The first-order valence-electron chi connectivity index (χ1n) is 8.60. The van der Waals surface area contributed by atoms with Gasteiger partial charge in [-0.15, -0.1) is 12.4 Å². The van der Waals surface area contributed by atoms with Crippen LogP contribution in [0.15, 0.2) is 24.3 Å². The minimum absolute atomic E-state index is 0. The smallest absolute Gasteiger partial charge is 0.418 e. The van der Waals surface area contributed by atoms with Crippen molar-refractivity contribution in [1.82, 2.24) is 4.90 Å². The van der Waals surface area contributed by atoms with Crippen LogP contribution in [0.5, 0.6) is 0 Å². The Bertz CT molecular complexity index is 728. The van der Waals surface area contributed by atoms with Crippen molar-refractivity contribution >= 4 is 30.0 Å². The summed E-state index contributed by atoms with van der Waals surface area (Å²) in [5.41, 5.74) is -2.02. The molecule has 5 nitrogen and oxygen atoms in total. The van der Waals surface area contributed by atoms with Gasteiger partial charge in [0.2, 0.25) is 5.91 Å². The first kappa shape index (κ1) is 21.5. The maximum absolute atomic E-state index is 13.1. The molecule has 2 aliphatic rings. The van der Waals surface area contributed by atoms with Crippen LogP contribution in [0.25, 0.3) is 0 Å². The highest BCUT2D eigenvalue weighted by molar-refractivity contribution is 5.95. The number of nitrogens with one attached hydrogen (secondary N) is 1. The molecule has 150 valence electrons. The Morgan fingerprint density at radius 3 is 2.59 bits per heavy atom. The number of carboxylic acids is 1. The van der Waals surface area contributed by atoms with Crippen molar-refractivity contribution in [2.24, 2.45) is 11.3 Å². The van der Waals surface area contributed by atoms with Gasteiger partial charge in [-0.2, -0.15) is 13.2 Å². The number of hydrogen-bond donors (Lipinski definition) is 2. The van der Waals surface area contributed by atoms with Gasteiger partial charge in [-0.05, 0) is 37.8 Å². The number of likely N-dealkylation sites (tertiary alicyclic amines) is 1. The molecule has 1 aliphatic carbocycles. The first-order valence-corrected chi connectivity index (χ1v) is 8.60. The lowest BCUT2D eigenvalue weighted by atomic mass is 9.81. The summed E-state index contributed by atoms with van der Waals surface area (Å²) in [5.74, 6) is -1.43. The molecule has 0 radical (unpaired) electrons. The first-order chi connectivity index (χ1) is 12.1. The van der Waals surface area contributed by atoms with E-state index in [4.69, 9.17) is 0 Å². The number of para-hydroxylation sites is 1. The second-order valence-corrected chi connectivity index (χ2v) is 7.19. The van der Waals surface area contributed by atoms with Gasteiger partial charge in [0.1, 0.15) is 0 Å². The number of nitrogens with zero attached hydrogens (tertiary/aromatic N) is 1. The van der Waals surface area contributed by atoms with Crippen LogP contribution >= 0.6 is 12.4 Å². The molecule has 9 heteroatoms. The number of amides is 1. The van der Waals surface area contributed by atoms with Crippen molar-refractivity contribution < 1.29 is 27.9 Å². The van der Waals surface area contributed by atoms with Crippen LogP contribution < -0.4 is 5.32 Å². The van der Waals surface area contributed by atoms with Crippen LogP contribution in [0.4, 0.5) is 18.9 Å². The van der Waals surface area contributed by atoms with E-state index in [2.05, 4.69) is 5.32 Å². The molecule has 1 aromatic rings. The van der Waals surface area contributed by atoms with Gasteiger partial charge >= 0.3 is 12.1 Å². The van der Waals surface area contributed by atoms with E-state index in [0.717, 1.165) is 18.9 Å². The van der Waals surface area contributed by atoms with E-state index in [1.165, 1.54) is 18.2 Å². The number of rotatable bonds is 4. The lowest BCUT2D eigenvalue weighted by Crippen LogP contribution is -2.43. The second-order valence-electron chi connectivity index (χ2n) is 7.19. The van der Waals surface area contributed by atoms with Crippen LogP contribution in [0.1, 0.15) is 31.7 Å². The van der Waals surface area contributed by atoms with Gasteiger partial charge in [0.15, 0.2) is 0 Å². The normalized spacial score (nSPS) is 26.1. The standard InChI is InChI=1S/C18H21F3N2O3.ClH/c1-11(23-9-12-5-4-8-17(12,10-23)16(25)26)15(24)22-14-7-3-2-6-13(14)18(19,20)21;/h2-3,6-7,11-12H,4-5,8-10H2,1H3,(H,22,24)(H,25,26);1H/t11?,12-,17+;/m0./s1. The summed E-state index contributed by atoms with van der Waals surface area (Å²) in [6.45, 7) is 2.33. The Labute approximate surface area is 161 Å². The summed E-state index contributed by atoms with van der Waals surface area (Å²) in [5, 5.41) is 12.0. The zero-order valence-corrected chi connectivity index (χ0v) is 15.6. The summed E-state index contributed by atoms with van der Waals surface area (Å²) in [7, 11) is 0. The Morgan fingerprint density at radius 1 is 1.33 bits per heavy atom. The largest absolute Gasteiger partial charge is 0.481 e. The number of hydrogen-bond acceptors (Lipinski definition) is 3. The molecule has 1 amide bonds. The summed E-state index contributed by atoms with van der Waals surface area (Å²) in [4.78, 5) is 26.0. The molecule has 1 saturated carbocycles. The number of carbonyl (C=O) groups is 2. The molecule has 1 heterocycles. The summed E-state index contributed by atoms with van der Waals surface area (Å²) < 4.78 is 39.2. The van der Waals surface area contributed by atoms with Gasteiger partial charge in [0, 0.05) is 13.1 Å². The van der Waals surface area contributed by atoms with Crippen molar-refractivity contribution in [1.29, 1.82) is 0 Å². The van der Waals surface area contributed by atoms with E-state index in [1.54, 1.807) is 11.8 Å². The molecule has 1 unspecified atom stereocenters. The molecule has 0 bridgehead atoms. The summed E-state index contributed by atoms with van der Waals surface area (Å²) in [6.07, 6.45) is -2.34. The van der Waals surface area contributed by atoms with E-state index < -0.39 is 35.1 Å². The van der Waals surface area contributed by atoms with E-state index in [0.29, 0.717) is 13.0 Å². The summed E-state index contributed by atoms with van der Waals surface area (Å²) in [6, 6.07) is 4.11. The molecule has 2 fully saturated rings. The highest BCUT2D eigenvalue weighted by Gasteiger charge is 2.55. The van der Waals surface area contributed by atoms with Crippen LogP contribution in [0.2, 0.25) is 0 Å². The van der Waals surface area contributed by atoms with Gasteiger partial charge in [0.05, 0.1) is 22.7 Å². The quantitative estimate of drug-likeness (QED) is 0.801. The van der Waals surface area contributed by atoms with Gasteiger partial charge in [-0.25, -0.2) is 0 Å². The maximum atomic E-state index is 13.1. The van der Waals surface area contributed by atoms with Crippen molar-refractivity contribution in [3.63, 3.8) is 0 Å². The van der Waals surface area contributed by atoms with Crippen LogP contribution in [0, 0.1) is 11.3 Å². The van der Waals surface area contributed by atoms with E-state index in [-0.39, 0.29) is 30.6 Å². The Hall–Kier alpha value is -1.80. The predicted molar refractivity (Wildman–Crippen MR) is 95.8 cm³/mol. The van der Waals surface area contributed by atoms with Crippen molar-refractivity contribution in [3.8, 4) is 0 Å². The topological polar surface area (TPSA) is 69.6 Å². The molecule has 0 spiro atoms. The lowest BCUT2D eigenvalue weighted by molar-refractivity contribution is -0.149. The van der Waals surface area contributed by atoms with Gasteiger partial charge in [-0.1, -0.05) is 18.6 Å². The average molecular weight is 407 g/mol. The number of fused-ring (bicyclic) bond motifs is 1. The number of anilines is 1. The van der Waals surface area contributed by atoms with Crippen molar-refractivity contribution in [2.45, 2.75) is 38.4 Å². The van der Waals surface area contributed by atoms with Crippen molar-refractivity contribution in [2.75, 3.05) is 18.4 Å². The second kappa shape index (κ2) is 7.67. The molecule has 3 atom stereocenters. The highest BCUT2D eigenvalue weighted by Crippen LogP contribution is 2.49. The number of carbonyl (C=O) groups excluding carboxylic acids is 1. The fourth-order valence-electron chi connectivity index (χ4n) is 4.22. The molecule has 1 aliphatic heterocycles. The maximum Gasteiger partial charge on any atom is 0.418 e. The number of halogens is 4. The van der Waals surface area contributed by atoms with Gasteiger partial charge in [-0.3, -0.25) is 14.5 Å². The molecule has 0 aromatic heterocycles. The molecule has 3 rings (SSSR count). The number of aliphatic carboxylic acids is 1. The Kier molecular flexibility index (Phi) is 6.11. The number of benzene rings is 1. The van der Waals surface area contributed by atoms with Crippen LogP contribution in [0.3, 0.4) is 0 Å². The highest BCUT2D eigenvalue weighted by atomic mass is 35.5. The van der Waals surface area contributed by atoms with E-state index in [1.807, 2.05) is 0 Å². The predicted octanol–water partition coefficient (Wildman–Crippen LogP) is 3.64. The van der Waals surface area contributed by atoms with Gasteiger partial charge < -0.3 is 10.4 Å². The van der Waals surface area contributed by atoms with Crippen molar-refractivity contribution in [3.05, 3.63) is 29.8 Å². The lowest BCUT2D eigenvalue weighted by Gasteiger charge is -2.27. The molecule has 2 N–H and O–H groups in total. The molecule has 27 heavy (non-hydrogen) atoms. The van der Waals surface area contributed by atoms with Crippen LogP contribution in [-0.2, 0) is 15.8 Å². The Balaban J connectivity index is 0.00000261. The zero-order valence-electron chi connectivity index (χ0n) is 14.8. The fraction of sp³-hybridized carbons (Fsp3) is 0.556. The van der Waals surface area contributed by atoms with Crippen LogP contribution in [-0.4, -0.2) is 41.0 Å². The molecule has 1 aromatic carbocycles. The monoisotopic (exact) mass is 406 g/mol. The third-order valence-corrected chi connectivity index (χ3v) is 5.74. The fourth-order valence-corrected chi connectivity index (χ4v) is 4.22. The number of carboxylic acid groups (broad SMARTS) is 1. The minimum Gasteiger partial charge on any atom is -0.481 e. The summed E-state index contributed by atoms with van der Waals surface area (Å²) >= 11 is 0. The SMILES string of the molecule is CC(C(=O)Nc1ccccc1C(F)(F)F)N1C[C@@H]2CCC[C@@]2(C(=O)O)C1.Cl. The van der Waals surface area contributed by atoms with Gasteiger partial charge in [0.25, 0.3) is 0 Å². The minimum atomic E-state index is -4.56. The zero-order chi connectivity index (χ0) is 19.1. The average Bonchev–Trinajstić information content (AvgIpc) is 3.11. The number of alkyl halides is 3.